The Morgan fingerprint density at radius 3 is 2.57 bits per heavy atom. The standard InChI is InChI=1S/C36H49N5O5/c1-27(5-12-35(43)37-26-42)41-24-29-22-33(10-11-34(29)36(41)44)46-25-32-4-2-3-15-40(32)23-28-6-8-30(9-7-28)38-16-18-39(19-17-38)31-13-20-45-21-14-31/h6-11,22,26-27,31-32H,2-5,12-21,23-25H2,1H3,(H,37,42,43). The highest BCUT2D eigenvalue weighted by atomic mass is 16.5. The Morgan fingerprint density at radius 1 is 1.02 bits per heavy atom. The average molecular weight is 632 g/mol. The monoisotopic (exact) mass is 631 g/mol. The third kappa shape index (κ3) is 7.90. The topological polar surface area (TPSA) is 94.7 Å². The molecule has 0 bridgehead atoms. The van der Waals surface area contributed by atoms with Gasteiger partial charge < -0.3 is 19.3 Å². The number of benzene rings is 2. The zero-order valence-corrected chi connectivity index (χ0v) is 27.2. The molecule has 248 valence electrons. The lowest BCUT2D eigenvalue weighted by Gasteiger charge is -2.41. The van der Waals surface area contributed by atoms with Crippen molar-refractivity contribution in [3.05, 3.63) is 59.2 Å². The number of hydrogen-bond acceptors (Lipinski definition) is 8. The maximum absolute atomic E-state index is 13.0. The first-order chi connectivity index (χ1) is 22.5. The summed E-state index contributed by atoms with van der Waals surface area (Å²) in [5.41, 5.74) is 4.31. The molecule has 0 spiro atoms. The lowest BCUT2D eigenvalue weighted by atomic mass is 10.0. The van der Waals surface area contributed by atoms with E-state index in [4.69, 9.17) is 9.47 Å². The number of carbonyl (C=O) groups is 3. The number of hydrogen-bond donors (Lipinski definition) is 1. The van der Waals surface area contributed by atoms with Gasteiger partial charge in [-0.1, -0.05) is 18.6 Å². The van der Waals surface area contributed by atoms with Crippen LogP contribution in [0.4, 0.5) is 5.69 Å². The average Bonchev–Trinajstić information content (AvgIpc) is 3.43. The van der Waals surface area contributed by atoms with E-state index in [-0.39, 0.29) is 24.3 Å². The molecule has 4 aliphatic heterocycles. The lowest BCUT2D eigenvalue weighted by molar-refractivity contribution is -0.125. The van der Waals surface area contributed by atoms with Crippen molar-refractivity contribution in [2.45, 2.75) is 83.1 Å². The highest BCUT2D eigenvalue weighted by Crippen LogP contribution is 2.30. The Morgan fingerprint density at radius 2 is 1.80 bits per heavy atom. The molecule has 0 saturated carbocycles. The first-order valence-electron chi connectivity index (χ1n) is 17.2. The Labute approximate surface area is 273 Å². The molecule has 10 heteroatoms. The van der Waals surface area contributed by atoms with Crippen LogP contribution in [0.2, 0.25) is 0 Å². The van der Waals surface area contributed by atoms with E-state index >= 15 is 0 Å². The fourth-order valence-corrected chi connectivity index (χ4v) is 7.49. The van der Waals surface area contributed by atoms with E-state index in [1.54, 1.807) is 4.90 Å². The molecule has 3 amide bonds. The van der Waals surface area contributed by atoms with Gasteiger partial charge in [0.15, 0.2) is 0 Å². The SMILES string of the molecule is CC(CCC(=O)NC=O)N1Cc2cc(OCC3CCCCN3Cc3ccc(N4CCN(C5CCOCC5)CC4)cc3)ccc2C1=O. The van der Waals surface area contributed by atoms with Crippen LogP contribution in [0.3, 0.4) is 0 Å². The first-order valence-corrected chi connectivity index (χ1v) is 17.2. The van der Waals surface area contributed by atoms with Gasteiger partial charge in [0.05, 0.1) is 0 Å². The molecule has 0 aliphatic carbocycles. The summed E-state index contributed by atoms with van der Waals surface area (Å²) < 4.78 is 11.9. The van der Waals surface area contributed by atoms with Crippen molar-refractivity contribution in [3.8, 4) is 5.75 Å². The minimum Gasteiger partial charge on any atom is -0.492 e. The van der Waals surface area contributed by atoms with E-state index in [0.717, 1.165) is 70.2 Å². The largest absolute Gasteiger partial charge is 0.492 e. The summed E-state index contributed by atoms with van der Waals surface area (Å²) in [4.78, 5) is 44.8. The summed E-state index contributed by atoms with van der Waals surface area (Å²) in [5, 5.41) is 2.16. The molecule has 2 unspecified atom stereocenters. The molecule has 2 aromatic carbocycles. The Balaban J connectivity index is 0.987. The summed E-state index contributed by atoms with van der Waals surface area (Å²) in [6.07, 6.45) is 6.95. The smallest absolute Gasteiger partial charge is 0.254 e. The van der Waals surface area contributed by atoms with Gasteiger partial charge in [0.2, 0.25) is 12.3 Å². The number of ether oxygens (including phenoxy) is 2. The summed E-state index contributed by atoms with van der Waals surface area (Å²) in [6.45, 7) is 11.3. The molecule has 4 heterocycles. The van der Waals surface area contributed by atoms with E-state index in [2.05, 4.69) is 44.3 Å². The zero-order chi connectivity index (χ0) is 31.9. The van der Waals surface area contributed by atoms with Gasteiger partial charge in [-0.2, -0.15) is 0 Å². The number of nitrogens with zero attached hydrogens (tertiary/aromatic N) is 4. The second-order valence-electron chi connectivity index (χ2n) is 13.3. The Bertz CT molecular complexity index is 1340. The van der Waals surface area contributed by atoms with Crippen molar-refractivity contribution in [1.82, 2.24) is 20.0 Å². The maximum atomic E-state index is 13.0. The summed E-state index contributed by atoms with van der Waals surface area (Å²) >= 11 is 0. The molecular formula is C36H49N5O5. The minimum atomic E-state index is -0.328. The quantitative estimate of drug-likeness (QED) is 0.354. The third-order valence-electron chi connectivity index (χ3n) is 10.3. The van der Waals surface area contributed by atoms with Crippen LogP contribution in [0.1, 0.15) is 73.4 Å². The molecule has 2 aromatic rings. The lowest BCUT2D eigenvalue weighted by Crippen LogP contribution is -2.51. The normalized spacial score (nSPS) is 22.0. The van der Waals surface area contributed by atoms with Crippen LogP contribution < -0.4 is 15.0 Å². The van der Waals surface area contributed by atoms with Gasteiger partial charge >= 0.3 is 0 Å². The number of imide groups is 1. The highest BCUT2D eigenvalue weighted by molar-refractivity contribution is 5.98. The number of piperazine rings is 1. The highest BCUT2D eigenvalue weighted by Gasteiger charge is 2.32. The molecule has 10 nitrogen and oxygen atoms in total. The number of piperidine rings is 1. The van der Waals surface area contributed by atoms with E-state index in [0.29, 0.717) is 43.6 Å². The molecular weight excluding hydrogens is 582 g/mol. The van der Waals surface area contributed by atoms with Crippen LogP contribution in [0.15, 0.2) is 42.5 Å². The molecule has 0 aromatic heterocycles. The molecule has 1 N–H and O–H groups in total. The molecule has 6 rings (SSSR count). The van der Waals surface area contributed by atoms with Crippen molar-refractivity contribution in [2.75, 3.05) is 57.4 Å². The van der Waals surface area contributed by atoms with Gasteiger partial charge in [0.25, 0.3) is 5.91 Å². The number of nitrogens with one attached hydrogen (secondary N) is 1. The van der Waals surface area contributed by atoms with Crippen LogP contribution >= 0.6 is 0 Å². The van der Waals surface area contributed by atoms with Gasteiger partial charge in [-0.15, -0.1) is 0 Å². The van der Waals surface area contributed by atoms with Gasteiger partial charge in [-0.3, -0.25) is 29.5 Å². The maximum Gasteiger partial charge on any atom is 0.254 e. The van der Waals surface area contributed by atoms with Crippen LogP contribution in [-0.4, -0.2) is 104 Å². The summed E-state index contributed by atoms with van der Waals surface area (Å²) in [6, 6.07) is 15.9. The van der Waals surface area contributed by atoms with Gasteiger partial charge in [-0.25, -0.2) is 0 Å². The molecule has 3 fully saturated rings. The number of fused-ring (bicyclic) bond motifs is 1. The van der Waals surface area contributed by atoms with Crippen molar-refractivity contribution in [3.63, 3.8) is 0 Å². The number of anilines is 1. The molecule has 2 atom stereocenters. The van der Waals surface area contributed by atoms with Crippen LogP contribution in [-0.2, 0) is 27.4 Å². The van der Waals surface area contributed by atoms with E-state index in [1.807, 2.05) is 25.1 Å². The van der Waals surface area contributed by atoms with Gasteiger partial charge in [0, 0.05) is 88.3 Å². The van der Waals surface area contributed by atoms with Crippen molar-refractivity contribution >= 4 is 23.9 Å². The fraction of sp³-hybridized carbons (Fsp3) is 0.583. The van der Waals surface area contributed by atoms with Crippen molar-refractivity contribution < 1.29 is 23.9 Å². The number of carbonyl (C=O) groups excluding carboxylic acids is 3. The summed E-state index contributed by atoms with van der Waals surface area (Å²) in [5.74, 6) is 0.440. The molecule has 46 heavy (non-hydrogen) atoms. The minimum absolute atomic E-state index is 0.0217. The molecule has 3 saturated heterocycles. The Hall–Kier alpha value is -3.47. The zero-order valence-electron chi connectivity index (χ0n) is 27.2. The second kappa shape index (κ2) is 15.4. The van der Waals surface area contributed by atoms with Crippen LogP contribution in [0.5, 0.6) is 5.75 Å². The number of amides is 3. The van der Waals surface area contributed by atoms with Crippen molar-refractivity contribution in [1.29, 1.82) is 0 Å². The first kappa shape index (κ1) is 32.5. The second-order valence-corrected chi connectivity index (χ2v) is 13.3. The van der Waals surface area contributed by atoms with Gasteiger partial charge in [-0.05, 0) is 87.0 Å². The van der Waals surface area contributed by atoms with Gasteiger partial charge in [0.1, 0.15) is 12.4 Å². The van der Waals surface area contributed by atoms with E-state index in [9.17, 15) is 14.4 Å². The Kier molecular flexibility index (Phi) is 10.9. The fourth-order valence-electron chi connectivity index (χ4n) is 7.49. The van der Waals surface area contributed by atoms with E-state index in [1.165, 1.54) is 36.9 Å². The summed E-state index contributed by atoms with van der Waals surface area (Å²) in [7, 11) is 0. The molecule has 0 radical (unpaired) electrons. The number of rotatable bonds is 12. The predicted octanol–water partition coefficient (Wildman–Crippen LogP) is 3.82. The predicted molar refractivity (Wildman–Crippen MR) is 177 cm³/mol. The van der Waals surface area contributed by atoms with Crippen LogP contribution in [0, 0.1) is 0 Å². The van der Waals surface area contributed by atoms with E-state index < -0.39 is 0 Å². The van der Waals surface area contributed by atoms with Crippen molar-refractivity contribution in [2.24, 2.45) is 0 Å². The molecule has 4 aliphatic rings. The van der Waals surface area contributed by atoms with Crippen LogP contribution in [0.25, 0.3) is 0 Å². The third-order valence-corrected chi connectivity index (χ3v) is 10.3. The number of likely N-dealkylation sites (tertiary alicyclic amines) is 1.